The van der Waals surface area contributed by atoms with Gasteiger partial charge in [-0.15, -0.1) is 0 Å². The van der Waals surface area contributed by atoms with E-state index in [4.69, 9.17) is 0 Å². The lowest BCUT2D eigenvalue weighted by molar-refractivity contribution is 0.923. The maximum Gasteiger partial charge on any atom is 0.0651 e. The van der Waals surface area contributed by atoms with Gasteiger partial charge in [0.2, 0.25) is 0 Å². The molecule has 15 heavy (non-hydrogen) atoms. The average Bonchev–Trinajstić information content (AvgIpc) is 2.84. The van der Waals surface area contributed by atoms with Gasteiger partial charge in [0.05, 0.1) is 17.4 Å². The number of anilines is 1. The van der Waals surface area contributed by atoms with Crippen LogP contribution in [-0.4, -0.2) is 22.5 Å². The van der Waals surface area contributed by atoms with E-state index in [1.54, 1.807) is 0 Å². The number of hydrogen-bond donors (Lipinski definition) is 1. The summed E-state index contributed by atoms with van der Waals surface area (Å²) in [4.78, 5) is 0. The minimum absolute atomic E-state index is 0.981. The molecular weight excluding hydrogens is 188 g/mol. The summed E-state index contributed by atoms with van der Waals surface area (Å²) in [6, 6.07) is 6.23. The first-order valence-electron chi connectivity index (χ1n) is 5.08. The van der Waals surface area contributed by atoms with Gasteiger partial charge in [0, 0.05) is 24.1 Å². The molecule has 0 amide bonds. The van der Waals surface area contributed by atoms with Gasteiger partial charge in [0.15, 0.2) is 0 Å². The molecule has 0 atom stereocenters. The van der Waals surface area contributed by atoms with Crippen molar-refractivity contribution in [3.05, 3.63) is 24.4 Å². The molecule has 0 saturated heterocycles. The number of hydrogen-bond acceptors (Lipinski definition) is 3. The lowest BCUT2D eigenvalue weighted by atomic mass is 10.2. The van der Waals surface area contributed by atoms with Crippen LogP contribution in [0.5, 0.6) is 0 Å². The van der Waals surface area contributed by atoms with Crippen molar-refractivity contribution in [2.45, 2.75) is 13.3 Å². The van der Waals surface area contributed by atoms with Gasteiger partial charge < -0.3 is 0 Å². The molecule has 1 N–H and O–H groups in total. The third kappa shape index (κ3) is 1.38. The molecule has 4 nitrogen and oxygen atoms in total. The number of hydrazone groups is 1. The maximum atomic E-state index is 4.47. The molecular formula is C11H12N4. The maximum absolute atomic E-state index is 4.47. The van der Waals surface area contributed by atoms with Crippen molar-refractivity contribution in [2.75, 3.05) is 11.6 Å². The van der Waals surface area contributed by atoms with Crippen LogP contribution >= 0.6 is 0 Å². The molecule has 2 aromatic rings. The van der Waals surface area contributed by atoms with Gasteiger partial charge >= 0.3 is 0 Å². The highest BCUT2D eigenvalue weighted by Crippen LogP contribution is 2.23. The Balaban J connectivity index is 2.04. The number of fused-ring (bicyclic) bond motifs is 1. The zero-order chi connectivity index (χ0) is 10.3. The highest BCUT2D eigenvalue weighted by Gasteiger charge is 2.12. The van der Waals surface area contributed by atoms with E-state index in [1.807, 2.05) is 17.3 Å². The third-order valence-corrected chi connectivity index (χ3v) is 2.70. The average molecular weight is 200 g/mol. The van der Waals surface area contributed by atoms with Crippen molar-refractivity contribution >= 4 is 22.3 Å². The molecule has 4 heteroatoms. The first kappa shape index (κ1) is 8.47. The Bertz CT molecular complexity index is 526. The molecule has 1 aliphatic rings. The van der Waals surface area contributed by atoms with Gasteiger partial charge in [0.25, 0.3) is 0 Å². The highest BCUT2D eigenvalue weighted by molar-refractivity contribution is 5.87. The van der Waals surface area contributed by atoms with E-state index in [-0.39, 0.29) is 0 Å². The van der Waals surface area contributed by atoms with E-state index in [0.29, 0.717) is 0 Å². The van der Waals surface area contributed by atoms with E-state index in [1.165, 1.54) is 5.71 Å². The summed E-state index contributed by atoms with van der Waals surface area (Å²) in [5, 5.41) is 14.6. The van der Waals surface area contributed by atoms with Crippen LogP contribution in [-0.2, 0) is 0 Å². The lowest BCUT2D eigenvalue weighted by Crippen LogP contribution is -2.11. The number of benzene rings is 1. The molecule has 0 aliphatic carbocycles. The Morgan fingerprint density at radius 2 is 2.33 bits per heavy atom. The van der Waals surface area contributed by atoms with E-state index in [9.17, 15) is 0 Å². The van der Waals surface area contributed by atoms with Crippen LogP contribution in [0.4, 0.5) is 5.69 Å². The smallest absolute Gasteiger partial charge is 0.0651 e. The fraction of sp³-hybridized carbons (Fsp3) is 0.273. The minimum Gasteiger partial charge on any atom is -0.278 e. The topological polar surface area (TPSA) is 44.3 Å². The number of aromatic amines is 1. The van der Waals surface area contributed by atoms with Crippen LogP contribution in [0, 0.1) is 0 Å². The zero-order valence-electron chi connectivity index (χ0n) is 8.57. The van der Waals surface area contributed by atoms with Gasteiger partial charge in [0.1, 0.15) is 0 Å². The van der Waals surface area contributed by atoms with Crippen LogP contribution in [0.15, 0.2) is 29.5 Å². The van der Waals surface area contributed by atoms with Crippen molar-refractivity contribution in [3.8, 4) is 0 Å². The molecule has 1 aromatic heterocycles. The Hall–Kier alpha value is -1.84. The Kier molecular flexibility index (Phi) is 1.74. The molecule has 76 valence electrons. The van der Waals surface area contributed by atoms with Crippen molar-refractivity contribution < 1.29 is 0 Å². The van der Waals surface area contributed by atoms with Crippen LogP contribution < -0.4 is 5.01 Å². The van der Waals surface area contributed by atoms with E-state index >= 15 is 0 Å². The van der Waals surface area contributed by atoms with Crippen molar-refractivity contribution in [1.82, 2.24) is 10.2 Å². The highest BCUT2D eigenvalue weighted by atomic mass is 15.5. The number of H-pyrrole nitrogens is 1. The largest absolute Gasteiger partial charge is 0.278 e. The zero-order valence-corrected chi connectivity index (χ0v) is 8.57. The quantitative estimate of drug-likeness (QED) is 0.766. The van der Waals surface area contributed by atoms with Crippen LogP contribution in [0.25, 0.3) is 10.9 Å². The second-order valence-corrected chi connectivity index (χ2v) is 3.85. The number of nitrogens with one attached hydrogen (secondary N) is 1. The summed E-state index contributed by atoms with van der Waals surface area (Å²) >= 11 is 0. The molecule has 1 aliphatic heterocycles. The van der Waals surface area contributed by atoms with Gasteiger partial charge in [-0.2, -0.15) is 10.2 Å². The molecule has 0 bridgehead atoms. The van der Waals surface area contributed by atoms with Gasteiger partial charge in [-0.1, -0.05) is 0 Å². The second-order valence-electron chi connectivity index (χ2n) is 3.85. The first-order chi connectivity index (χ1) is 7.33. The van der Waals surface area contributed by atoms with Crippen LogP contribution in [0.3, 0.4) is 0 Å². The third-order valence-electron chi connectivity index (χ3n) is 2.70. The summed E-state index contributed by atoms with van der Waals surface area (Å²) in [5.74, 6) is 0. The first-order valence-corrected chi connectivity index (χ1v) is 5.08. The normalized spacial score (nSPS) is 16.1. The molecule has 0 unspecified atom stereocenters. The molecule has 1 aromatic carbocycles. The standard InChI is InChI=1S/C11H12N4/c1-8-4-5-15(14-8)10-2-3-11-9(6-10)7-12-13-11/h2-3,6-7H,4-5H2,1H3,(H,12,13). The number of aromatic nitrogens is 2. The van der Waals surface area contributed by atoms with Gasteiger partial charge in [-0.25, -0.2) is 0 Å². The summed E-state index contributed by atoms with van der Waals surface area (Å²) in [6.45, 7) is 3.05. The minimum atomic E-state index is 0.981. The molecule has 0 spiro atoms. The molecule has 0 fully saturated rings. The predicted octanol–water partition coefficient (Wildman–Crippen LogP) is 2.15. The lowest BCUT2D eigenvalue weighted by Gasteiger charge is -2.13. The summed E-state index contributed by atoms with van der Waals surface area (Å²) < 4.78 is 0. The van der Waals surface area contributed by atoms with Crippen molar-refractivity contribution in [2.24, 2.45) is 5.10 Å². The fourth-order valence-electron chi connectivity index (χ4n) is 1.85. The fourth-order valence-corrected chi connectivity index (χ4v) is 1.85. The predicted molar refractivity (Wildman–Crippen MR) is 61.2 cm³/mol. The van der Waals surface area contributed by atoms with Crippen molar-refractivity contribution in [3.63, 3.8) is 0 Å². The molecule has 0 saturated carbocycles. The summed E-state index contributed by atoms with van der Waals surface area (Å²) in [7, 11) is 0. The molecule has 0 radical (unpaired) electrons. The Labute approximate surface area is 87.6 Å². The summed E-state index contributed by atoms with van der Waals surface area (Å²) in [6.07, 6.45) is 2.90. The Morgan fingerprint density at radius 3 is 3.13 bits per heavy atom. The van der Waals surface area contributed by atoms with Gasteiger partial charge in [-0.3, -0.25) is 10.1 Å². The molecule has 3 rings (SSSR count). The SMILES string of the molecule is CC1=NN(c2ccc3[nH]ncc3c2)CC1. The van der Waals surface area contributed by atoms with Crippen LogP contribution in [0.2, 0.25) is 0 Å². The summed E-state index contributed by atoms with van der Waals surface area (Å²) in [5.41, 5.74) is 3.40. The van der Waals surface area contributed by atoms with Crippen molar-refractivity contribution in [1.29, 1.82) is 0 Å². The monoisotopic (exact) mass is 200 g/mol. The van der Waals surface area contributed by atoms with E-state index in [0.717, 1.165) is 29.6 Å². The second kappa shape index (κ2) is 3.08. The molecule has 2 heterocycles. The van der Waals surface area contributed by atoms with Crippen LogP contribution in [0.1, 0.15) is 13.3 Å². The number of nitrogens with zero attached hydrogens (tertiary/aromatic N) is 3. The van der Waals surface area contributed by atoms with E-state index in [2.05, 4.69) is 34.4 Å². The Morgan fingerprint density at radius 1 is 1.40 bits per heavy atom. The number of rotatable bonds is 1. The van der Waals surface area contributed by atoms with E-state index < -0.39 is 0 Å². The van der Waals surface area contributed by atoms with Gasteiger partial charge in [-0.05, 0) is 25.1 Å².